The van der Waals surface area contributed by atoms with Crippen molar-refractivity contribution in [3.05, 3.63) is 29.8 Å². The van der Waals surface area contributed by atoms with Gasteiger partial charge in [0.15, 0.2) is 5.11 Å². The smallest absolute Gasteiger partial charge is 0.371 e. The third-order valence-corrected chi connectivity index (χ3v) is 4.51. The van der Waals surface area contributed by atoms with Gasteiger partial charge >= 0.3 is 29.6 Å². The van der Waals surface area contributed by atoms with E-state index in [0.29, 0.717) is 25.9 Å². The SMILES string of the molecule is Cc1cccc(N2CCC3(CC2)C(=O)NC(=S)NC3=O)c1.[Na+]. The van der Waals surface area contributed by atoms with Crippen LogP contribution in [0.5, 0.6) is 0 Å². The van der Waals surface area contributed by atoms with Gasteiger partial charge in [-0.2, -0.15) is 0 Å². The average Bonchev–Trinajstić information content (AvgIpc) is 2.45. The van der Waals surface area contributed by atoms with E-state index in [2.05, 4.69) is 40.7 Å². The zero-order chi connectivity index (χ0) is 15.0. The minimum Gasteiger partial charge on any atom is -0.371 e. The second kappa shape index (κ2) is 6.66. The Morgan fingerprint density at radius 3 is 2.27 bits per heavy atom. The number of carbonyl (C=O) groups excluding carboxylic acids is 2. The van der Waals surface area contributed by atoms with E-state index in [9.17, 15) is 9.59 Å². The minimum absolute atomic E-state index is 0. The topological polar surface area (TPSA) is 61.4 Å². The first-order valence-electron chi connectivity index (χ1n) is 7.00. The van der Waals surface area contributed by atoms with Gasteiger partial charge in [0.2, 0.25) is 11.8 Å². The van der Waals surface area contributed by atoms with Crippen molar-refractivity contribution in [1.29, 1.82) is 0 Å². The van der Waals surface area contributed by atoms with Gasteiger partial charge in [0, 0.05) is 18.8 Å². The Bertz CT molecular complexity index is 605. The normalized spacial score (nSPS) is 20.2. The summed E-state index contributed by atoms with van der Waals surface area (Å²) in [6.07, 6.45) is 1.00. The van der Waals surface area contributed by atoms with Gasteiger partial charge in [0.1, 0.15) is 5.41 Å². The number of nitrogens with one attached hydrogen (secondary N) is 2. The summed E-state index contributed by atoms with van der Waals surface area (Å²) in [7, 11) is 0. The summed E-state index contributed by atoms with van der Waals surface area (Å²) < 4.78 is 0. The van der Waals surface area contributed by atoms with Crippen LogP contribution in [-0.4, -0.2) is 30.0 Å². The minimum atomic E-state index is -0.970. The van der Waals surface area contributed by atoms with Crippen LogP contribution in [0.4, 0.5) is 5.69 Å². The van der Waals surface area contributed by atoms with Crippen molar-refractivity contribution in [3.63, 3.8) is 0 Å². The third-order valence-electron chi connectivity index (χ3n) is 4.31. The van der Waals surface area contributed by atoms with Crippen LogP contribution in [0.2, 0.25) is 0 Å². The van der Waals surface area contributed by atoms with Crippen LogP contribution in [0.25, 0.3) is 0 Å². The van der Waals surface area contributed by atoms with Crippen molar-refractivity contribution in [2.45, 2.75) is 19.8 Å². The summed E-state index contributed by atoms with van der Waals surface area (Å²) >= 11 is 4.85. The number of piperidine rings is 1. The number of amides is 2. The average molecular weight is 326 g/mol. The van der Waals surface area contributed by atoms with Crippen molar-refractivity contribution in [2.24, 2.45) is 5.41 Å². The first-order chi connectivity index (χ1) is 10.0. The second-order valence-electron chi connectivity index (χ2n) is 5.65. The summed E-state index contributed by atoms with van der Waals surface area (Å²) in [5.74, 6) is -0.528. The molecule has 1 aromatic rings. The number of carbonyl (C=O) groups is 2. The number of nitrogens with zero attached hydrogens (tertiary/aromatic N) is 1. The molecule has 2 fully saturated rings. The molecule has 2 heterocycles. The van der Waals surface area contributed by atoms with Gasteiger partial charge in [-0.05, 0) is 49.7 Å². The van der Waals surface area contributed by atoms with Crippen molar-refractivity contribution in [2.75, 3.05) is 18.0 Å². The molecule has 22 heavy (non-hydrogen) atoms. The zero-order valence-electron chi connectivity index (χ0n) is 12.8. The van der Waals surface area contributed by atoms with Crippen LogP contribution < -0.4 is 45.1 Å². The predicted octanol–water partition coefficient (Wildman–Crippen LogP) is -1.88. The molecular formula is C15H17N3NaO2S+. The Morgan fingerprint density at radius 2 is 1.73 bits per heavy atom. The van der Waals surface area contributed by atoms with Gasteiger partial charge in [0.05, 0.1) is 0 Å². The molecule has 110 valence electrons. The van der Waals surface area contributed by atoms with Crippen LogP contribution in [0.1, 0.15) is 18.4 Å². The quantitative estimate of drug-likeness (QED) is 0.360. The fourth-order valence-corrected chi connectivity index (χ4v) is 3.19. The molecule has 0 saturated carbocycles. The van der Waals surface area contributed by atoms with E-state index in [0.717, 1.165) is 5.69 Å². The molecule has 2 saturated heterocycles. The first kappa shape index (κ1) is 17.4. The van der Waals surface area contributed by atoms with Gasteiger partial charge < -0.3 is 15.5 Å². The molecule has 0 aliphatic carbocycles. The Balaban J connectivity index is 0.00000176. The number of benzene rings is 1. The van der Waals surface area contributed by atoms with Crippen molar-refractivity contribution < 1.29 is 39.1 Å². The summed E-state index contributed by atoms with van der Waals surface area (Å²) in [6.45, 7) is 3.41. The molecule has 2 aliphatic heterocycles. The number of rotatable bonds is 1. The van der Waals surface area contributed by atoms with E-state index in [1.807, 2.05) is 6.07 Å². The van der Waals surface area contributed by atoms with Crippen molar-refractivity contribution >= 4 is 34.8 Å². The molecule has 2 amide bonds. The predicted molar refractivity (Wildman–Crippen MR) is 83.9 cm³/mol. The Labute approximate surface area is 157 Å². The Kier molecular flexibility index (Phi) is 5.27. The van der Waals surface area contributed by atoms with E-state index in [1.54, 1.807) is 0 Å². The maximum atomic E-state index is 12.2. The molecular weight excluding hydrogens is 309 g/mol. The van der Waals surface area contributed by atoms with Crippen molar-refractivity contribution in [3.8, 4) is 0 Å². The maximum Gasteiger partial charge on any atom is 1.00 e. The molecule has 0 atom stereocenters. The van der Waals surface area contributed by atoms with Crippen LogP contribution >= 0.6 is 12.2 Å². The second-order valence-corrected chi connectivity index (χ2v) is 6.05. The standard InChI is InChI=1S/C15H17N3O2S.Na/c1-10-3-2-4-11(9-10)18-7-5-15(6-8-18)12(19)16-14(21)17-13(15)20;/h2-4,9H,5-8H2,1H3,(H2,16,17,19,20,21);/q;+1. The first-order valence-corrected chi connectivity index (χ1v) is 7.41. The van der Waals surface area contributed by atoms with E-state index in [4.69, 9.17) is 12.2 Å². The third kappa shape index (κ3) is 3.06. The molecule has 5 nitrogen and oxygen atoms in total. The zero-order valence-corrected chi connectivity index (χ0v) is 15.6. The Hall–Kier alpha value is -0.950. The molecule has 1 spiro atoms. The number of hydrogen-bond donors (Lipinski definition) is 2. The fourth-order valence-electron chi connectivity index (χ4n) is 3.01. The van der Waals surface area contributed by atoms with Gasteiger partial charge in [-0.15, -0.1) is 0 Å². The molecule has 1 aromatic carbocycles. The molecule has 0 bridgehead atoms. The van der Waals surface area contributed by atoms with E-state index in [1.165, 1.54) is 5.56 Å². The summed E-state index contributed by atoms with van der Waals surface area (Å²) in [4.78, 5) is 26.6. The van der Waals surface area contributed by atoms with E-state index >= 15 is 0 Å². The summed E-state index contributed by atoms with van der Waals surface area (Å²) in [5, 5.41) is 5.26. The molecule has 0 radical (unpaired) electrons. The van der Waals surface area contributed by atoms with Gasteiger partial charge in [-0.25, -0.2) is 0 Å². The molecule has 3 rings (SSSR count). The van der Waals surface area contributed by atoms with Crippen molar-refractivity contribution in [1.82, 2.24) is 10.6 Å². The van der Waals surface area contributed by atoms with Gasteiger partial charge in [-0.1, -0.05) is 12.1 Å². The number of hydrogen-bond acceptors (Lipinski definition) is 4. The monoisotopic (exact) mass is 326 g/mol. The molecule has 7 heteroatoms. The van der Waals surface area contributed by atoms with E-state index in [-0.39, 0.29) is 46.5 Å². The van der Waals surface area contributed by atoms with Crippen LogP contribution in [-0.2, 0) is 9.59 Å². The molecule has 2 N–H and O–H groups in total. The van der Waals surface area contributed by atoms with E-state index < -0.39 is 5.41 Å². The maximum absolute atomic E-state index is 12.2. The molecule has 0 aromatic heterocycles. The number of anilines is 1. The summed E-state index contributed by atoms with van der Waals surface area (Å²) in [5.41, 5.74) is 1.37. The number of thiocarbonyl (C=S) groups is 1. The number of aryl methyl sites for hydroxylation is 1. The Morgan fingerprint density at radius 1 is 1.14 bits per heavy atom. The largest absolute Gasteiger partial charge is 1.00 e. The van der Waals surface area contributed by atoms with Crippen LogP contribution in [0, 0.1) is 12.3 Å². The molecule has 2 aliphatic rings. The molecule has 0 unspecified atom stereocenters. The van der Waals surface area contributed by atoms with Gasteiger partial charge in [-0.3, -0.25) is 9.59 Å². The van der Waals surface area contributed by atoms with Gasteiger partial charge in [0.25, 0.3) is 0 Å². The van der Waals surface area contributed by atoms with Crippen LogP contribution in [0.3, 0.4) is 0 Å². The van der Waals surface area contributed by atoms with Crippen LogP contribution in [0.15, 0.2) is 24.3 Å². The fraction of sp³-hybridized carbons (Fsp3) is 0.400. The summed E-state index contributed by atoms with van der Waals surface area (Å²) in [6, 6.07) is 8.25.